The molecule has 0 spiro atoms. The molecular formula is C23H29NO5. The Morgan fingerprint density at radius 3 is 2.72 bits per heavy atom. The quantitative estimate of drug-likeness (QED) is 0.785. The van der Waals surface area contributed by atoms with E-state index < -0.39 is 23.2 Å². The fourth-order valence-electron chi connectivity index (χ4n) is 4.75. The lowest BCUT2D eigenvalue weighted by atomic mass is 9.59. The molecule has 1 heterocycles. The zero-order valence-electron chi connectivity index (χ0n) is 17.6. The van der Waals surface area contributed by atoms with Crippen molar-refractivity contribution in [1.82, 2.24) is 4.90 Å². The van der Waals surface area contributed by atoms with Crippen LogP contribution >= 0.6 is 0 Å². The number of carbonyl (C=O) groups excluding carboxylic acids is 1. The molecule has 0 bridgehead atoms. The third-order valence-corrected chi connectivity index (χ3v) is 6.06. The number of ether oxygens (including phenoxy) is 3. The first-order chi connectivity index (χ1) is 13.7. The molecule has 0 saturated heterocycles. The molecule has 3 aliphatic rings. The predicted molar refractivity (Wildman–Crippen MR) is 110 cm³/mol. The molecule has 0 saturated carbocycles. The highest BCUT2D eigenvalue weighted by molar-refractivity contribution is 5.72. The second-order valence-electron chi connectivity index (χ2n) is 9.05. The first-order valence-electron chi connectivity index (χ1n) is 10.0. The van der Waals surface area contributed by atoms with Gasteiger partial charge >= 0.3 is 6.09 Å². The van der Waals surface area contributed by atoms with Crippen LogP contribution in [0, 0.1) is 5.92 Å². The van der Waals surface area contributed by atoms with Gasteiger partial charge in [0.1, 0.15) is 17.8 Å². The minimum absolute atomic E-state index is 0.0730. The first kappa shape index (κ1) is 19.8. The van der Waals surface area contributed by atoms with Crippen LogP contribution < -0.4 is 9.47 Å². The standard InChI is InChI=1S/C23H29NO5/c1-22(2,3)29-21(26)24(4)13-12-23-15-8-6-14-7-11-17(27-5)19(18(14)23)28-20(23)16(25)10-9-15/h6-11,15-16,20,25H,12-13H2,1-5H3/t15-,16+,20+,23+/m0/s1. The van der Waals surface area contributed by atoms with Crippen LogP contribution in [-0.4, -0.2) is 54.6 Å². The number of aliphatic hydroxyl groups is 1. The Balaban J connectivity index is 1.70. The van der Waals surface area contributed by atoms with Gasteiger partial charge in [0, 0.05) is 25.1 Å². The fraction of sp³-hybridized carbons (Fsp3) is 0.522. The number of amides is 1. The van der Waals surface area contributed by atoms with Gasteiger partial charge in [0.05, 0.1) is 12.5 Å². The van der Waals surface area contributed by atoms with Gasteiger partial charge in [0.15, 0.2) is 11.5 Å². The molecule has 0 fully saturated rings. The number of carbonyl (C=O) groups is 1. The van der Waals surface area contributed by atoms with Gasteiger partial charge in [-0.05, 0) is 38.8 Å². The summed E-state index contributed by atoms with van der Waals surface area (Å²) in [5.41, 5.74) is 1.13. The van der Waals surface area contributed by atoms with E-state index in [4.69, 9.17) is 14.2 Å². The number of allylic oxidation sites excluding steroid dienone is 2. The molecule has 4 rings (SSSR count). The summed E-state index contributed by atoms with van der Waals surface area (Å²) in [6.45, 7) is 6.05. The van der Waals surface area contributed by atoms with E-state index in [-0.39, 0.29) is 12.0 Å². The van der Waals surface area contributed by atoms with Crippen molar-refractivity contribution >= 4 is 12.2 Å². The van der Waals surface area contributed by atoms with Crippen LogP contribution in [0.4, 0.5) is 4.79 Å². The number of rotatable bonds is 4. The Morgan fingerprint density at radius 1 is 1.28 bits per heavy atom. The van der Waals surface area contributed by atoms with Gasteiger partial charge in [-0.2, -0.15) is 0 Å². The molecule has 29 heavy (non-hydrogen) atoms. The molecule has 6 nitrogen and oxygen atoms in total. The van der Waals surface area contributed by atoms with E-state index in [1.807, 2.05) is 39.0 Å². The molecule has 0 unspecified atom stereocenters. The topological polar surface area (TPSA) is 68.2 Å². The maximum absolute atomic E-state index is 12.5. The van der Waals surface area contributed by atoms with E-state index >= 15 is 0 Å². The number of aliphatic hydroxyl groups excluding tert-OH is 1. The molecule has 1 aromatic rings. The lowest BCUT2D eigenvalue weighted by Gasteiger charge is -2.45. The van der Waals surface area contributed by atoms with Gasteiger partial charge < -0.3 is 24.2 Å². The third-order valence-electron chi connectivity index (χ3n) is 6.06. The molecular weight excluding hydrogens is 370 g/mol. The van der Waals surface area contributed by atoms with Crippen molar-refractivity contribution in [3.8, 4) is 11.5 Å². The van der Waals surface area contributed by atoms with Gasteiger partial charge in [0.25, 0.3) is 0 Å². The highest BCUT2D eigenvalue weighted by atomic mass is 16.6. The number of benzene rings is 1. The molecule has 1 N–H and O–H groups in total. The first-order valence-corrected chi connectivity index (χ1v) is 10.0. The van der Waals surface area contributed by atoms with E-state index in [1.54, 1.807) is 25.1 Å². The van der Waals surface area contributed by atoms with E-state index in [9.17, 15) is 9.90 Å². The van der Waals surface area contributed by atoms with Crippen LogP contribution in [0.5, 0.6) is 11.5 Å². The van der Waals surface area contributed by atoms with Gasteiger partial charge in [-0.3, -0.25) is 0 Å². The van der Waals surface area contributed by atoms with Crippen molar-refractivity contribution in [1.29, 1.82) is 0 Å². The van der Waals surface area contributed by atoms with Gasteiger partial charge in [-0.25, -0.2) is 4.79 Å². The fourth-order valence-corrected chi connectivity index (χ4v) is 4.75. The van der Waals surface area contributed by atoms with Crippen LogP contribution in [0.2, 0.25) is 0 Å². The Hall–Kier alpha value is -2.47. The van der Waals surface area contributed by atoms with E-state index in [1.165, 1.54) is 0 Å². The molecule has 156 valence electrons. The van der Waals surface area contributed by atoms with Gasteiger partial charge in [-0.15, -0.1) is 0 Å². The zero-order chi connectivity index (χ0) is 21.0. The number of hydrogen-bond donors (Lipinski definition) is 1. The molecule has 0 radical (unpaired) electrons. The van der Waals surface area contributed by atoms with Crippen molar-refractivity contribution in [2.75, 3.05) is 20.7 Å². The van der Waals surface area contributed by atoms with Gasteiger partial charge in [-0.1, -0.05) is 30.4 Å². The van der Waals surface area contributed by atoms with Crippen LogP contribution in [0.15, 0.2) is 30.4 Å². The summed E-state index contributed by atoms with van der Waals surface area (Å²) < 4.78 is 17.4. The monoisotopic (exact) mass is 399 g/mol. The van der Waals surface area contributed by atoms with Gasteiger partial charge in [0.2, 0.25) is 0 Å². The Labute approximate surface area is 171 Å². The zero-order valence-corrected chi connectivity index (χ0v) is 17.6. The second-order valence-corrected chi connectivity index (χ2v) is 9.05. The Kier molecular flexibility index (Phi) is 4.65. The lowest BCUT2D eigenvalue weighted by molar-refractivity contribution is 0.00232. The molecule has 4 atom stereocenters. The summed E-state index contributed by atoms with van der Waals surface area (Å²) in [4.78, 5) is 14.1. The summed E-state index contributed by atoms with van der Waals surface area (Å²) >= 11 is 0. The van der Waals surface area contributed by atoms with Crippen LogP contribution in [0.1, 0.15) is 38.3 Å². The molecule has 6 heteroatoms. The number of hydrogen-bond acceptors (Lipinski definition) is 5. The molecule has 1 aromatic carbocycles. The minimum Gasteiger partial charge on any atom is -0.493 e. The predicted octanol–water partition coefficient (Wildman–Crippen LogP) is 3.52. The minimum atomic E-state index is -0.727. The maximum Gasteiger partial charge on any atom is 0.410 e. The van der Waals surface area contributed by atoms with Crippen LogP contribution in [-0.2, 0) is 10.2 Å². The summed E-state index contributed by atoms with van der Waals surface area (Å²) in [6, 6.07) is 3.93. The highest BCUT2D eigenvalue weighted by Crippen LogP contribution is 2.59. The average molecular weight is 399 g/mol. The van der Waals surface area contributed by atoms with E-state index in [0.717, 1.165) is 11.1 Å². The van der Waals surface area contributed by atoms with Crippen molar-refractivity contribution in [3.05, 3.63) is 41.5 Å². The number of nitrogens with zero attached hydrogens (tertiary/aromatic N) is 1. The maximum atomic E-state index is 12.5. The summed E-state index contributed by atoms with van der Waals surface area (Å²) in [5, 5.41) is 10.8. The normalized spacial score (nSPS) is 28.6. The summed E-state index contributed by atoms with van der Waals surface area (Å²) in [6.07, 6.45) is 7.24. The van der Waals surface area contributed by atoms with Crippen molar-refractivity contribution in [2.24, 2.45) is 5.92 Å². The van der Waals surface area contributed by atoms with Crippen molar-refractivity contribution < 1.29 is 24.1 Å². The SMILES string of the molecule is COc1ccc2c3c1O[C@@H]1[C@H](O)C=C[C@H](C=C2)[C@]31CCN(C)C(=O)OC(C)(C)C. The Morgan fingerprint density at radius 2 is 2.03 bits per heavy atom. The number of methoxy groups -OCH3 is 1. The molecule has 1 amide bonds. The van der Waals surface area contributed by atoms with Crippen LogP contribution in [0.3, 0.4) is 0 Å². The smallest absolute Gasteiger partial charge is 0.410 e. The van der Waals surface area contributed by atoms with E-state index in [0.29, 0.717) is 24.5 Å². The summed E-state index contributed by atoms with van der Waals surface area (Å²) in [5.74, 6) is 1.44. The van der Waals surface area contributed by atoms with Crippen molar-refractivity contribution in [2.45, 2.75) is 50.4 Å². The third kappa shape index (κ3) is 3.10. The molecule has 1 aliphatic heterocycles. The molecule has 2 aliphatic carbocycles. The lowest BCUT2D eigenvalue weighted by Crippen LogP contribution is -2.54. The van der Waals surface area contributed by atoms with E-state index in [2.05, 4.69) is 12.2 Å². The highest BCUT2D eigenvalue weighted by Gasteiger charge is 2.59. The second kappa shape index (κ2) is 6.80. The summed E-state index contributed by atoms with van der Waals surface area (Å²) in [7, 11) is 3.37. The Bertz CT molecular complexity index is 884. The van der Waals surface area contributed by atoms with Crippen molar-refractivity contribution in [3.63, 3.8) is 0 Å². The van der Waals surface area contributed by atoms with Crippen LogP contribution in [0.25, 0.3) is 6.08 Å². The largest absolute Gasteiger partial charge is 0.493 e. The molecule has 0 aromatic heterocycles. The average Bonchev–Trinajstić information content (AvgIpc) is 3.02.